The Bertz CT molecular complexity index is 1070. The van der Waals surface area contributed by atoms with Crippen LogP contribution in [0.4, 0.5) is 26.3 Å². The van der Waals surface area contributed by atoms with Crippen molar-refractivity contribution in [2.24, 2.45) is 0 Å². The fourth-order valence-electron chi connectivity index (χ4n) is 3.60. The topological polar surface area (TPSA) is 62.9 Å². The van der Waals surface area contributed by atoms with E-state index >= 15 is 0 Å². The molecule has 2 atom stereocenters. The second-order valence-electron chi connectivity index (χ2n) is 8.46. The number of alkyl halides is 6. The second-order valence-corrected chi connectivity index (χ2v) is 8.46. The summed E-state index contributed by atoms with van der Waals surface area (Å²) in [5, 5.41) is 6.06. The number of benzene rings is 2. The third-order valence-corrected chi connectivity index (χ3v) is 5.80. The Morgan fingerprint density at radius 1 is 1.06 bits per heavy atom. The van der Waals surface area contributed by atoms with E-state index in [0.717, 1.165) is 0 Å². The highest BCUT2D eigenvalue weighted by atomic mass is 19.4. The number of ether oxygens (including phenoxy) is 1. The van der Waals surface area contributed by atoms with E-state index in [2.05, 4.69) is 10.5 Å². The molecule has 0 aromatic heterocycles. The highest BCUT2D eigenvalue weighted by Crippen LogP contribution is 2.38. The molecule has 0 saturated carbocycles. The number of hydrogen-bond donors (Lipinski definition) is 2. The molecule has 2 N–H and O–H groups in total. The van der Waals surface area contributed by atoms with Gasteiger partial charge in [-0.15, -0.1) is 0 Å². The average molecular weight is 514 g/mol. The summed E-state index contributed by atoms with van der Waals surface area (Å²) >= 11 is 0. The Morgan fingerprint density at radius 3 is 2.06 bits per heavy atom. The molecule has 12 heteroatoms. The molecule has 1 aliphatic rings. The normalized spacial score (nSPS) is 16.9. The van der Waals surface area contributed by atoms with Crippen LogP contribution in [0, 0.1) is 0 Å². The highest BCUT2D eigenvalue weighted by molar-refractivity contribution is 6.58. The van der Waals surface area contributed by atoms with Gasteiger partial charge in [0.2, 0.25) is 0 Å². The molecule has 1 saturated heterocycles. The van der Waals surface area contributed by atoms with Crippen molar-refractivity contribution in [2.75, 3.05) is 20.2 Å². The predicted octanol–water partition coefficient (Wildman–Crippen LogP) is 5.04. The van der Waals surface area contributed by atoms with E-state index in [9.17, 15) is 31.1 Å². The van der Waals surface area contributed by atoms with Crippen molar-refractivity contribution >= 4 is 12.8 Å². The van der Waals surface area contributed by atoms with E-state index in [1.165, 1.54) is 13.8 Å². The van der Waals surface area contributed by atoms with Crippen LogP contribution in [-0.4, -0.2) is 33.0 Å². The molecule has 0 unspecified atom stereocenters. The van der Waals surface area contributed by atoms with Gasteiger partial charge in [-0.25, -0.2) is 0 Å². The van der Waals surface area contributed by atoms with Gasteiger partial charge in [0.25, 0.3) is 0 Å². The zero-order chi connectivity index (χ0) is 26.7. The van der Waals surface area contributed by atoms with E-state index in [4.69, 9.17) is 9.39 Å². The number of halogens is 6. The van der Waals surface area contributed by atoms with Gasteiger partial charge in [0.1, 0.15) is 0 Å². The van der Waals surface area contributed by atoms with Gasteiger partial charge in [-0.05, 0) is 49.4 Å². The maximum atomic E-state index is 13.3. The summed E-state index contributed by atoms with van der Waals surface area (Å²) in [6, 6.07) is 10.2. The SMILES string of the molecule is CN[C@](/C=C(\NB1CO1)C(C)=O)(CO[C@H](C)c1cc(C(F)(F)F)cc(C(F)(F)F)c1)c1ccccc1. The van der Waals surface area contributed by atoms with Gasteiger partial charge in [-0.3, -0.25) is 4.79 Å². The van der Waals surface area contributed by atoms with Crippen LogP contribution in [-0.2, 0) is 32.1 Å². The lowest BCUT2D eigenvalue weighted by Gasteiger charge is -2.33. The average Bonchev–Trinajstić information content (AvgIpc) is 3.64. The standard InChI is InChI=1S/C24H25BF6N2O3/c1-15(34)21(33-25-14-36-25)12-22(32-3,18-7-5-4-6-8-18)13-35-16(2)17-9-19(23(26,27)28)11-20(10-17)24(29,30)31/h4-12,16,32-33H,13-14H2,1-3H3/b21-12-/t16-,22-/m1/s1. The minimum absolute atomic E-state index is 0.0750. The molecule has 0 amide bonds. The molecule has 2 aromatic carbocycles. The van der Waals surface area contributed by atoms with Gasteiger partial charge in [0.15, 0.2) is 5.78 Å². The second kappa shape index (κ2) is 10.7. The van der Waals surface area contributed by atoms with Crippen LogP contribution in [0.25, 0.3) is 0 Å². The fraction of sp³-hybridized carbons (Fsp3) is 0.375. The molecule has 36 heavy (non-hydrogen) atoms. The molecule has 1 heterocycles. The predicted molar refractivity (Wildman–Crippen MR) is 122 cm³/mol. The summed E-state index contributed by atoms with van der Waals surface area (Å²) in [6.45, 7) is 2.94. The smallest absolute Gasteiger partial charge is 0.418 e. The number of Topliss-reactive ketones (excluding diaryl/α,β-unsaturated/α-hetero) is 1. The number of carbonyl (C=O) groups is 1. The molecule has 0 aliphatic carbocycles. The van der Waals surface area contributed by atoms with Crippen molar-refractivity contribution in [3.8, 4) is 0 Å². The van der Waals surface area contributed by atoms with Gasteiger partial charge < -0.3 is 19.9 Å². The van der Waals surface area contributed by atoms with Gasteiger partial charge in [-0.1, -0.05) is 30.3 Å². The fourth-order valence-corrected chi connectivity index (χ4v) is 3.60. The van der Waals surface area contributed by atoms with Crippen molar-refractivity contribution in [1.82, 2.24) is 10.5 Å². The molecule has 2 aromatic rings. The zero-order valence-electron chi connectivity index (χ0n) is 19.8. The lowest BCUT2D eigenvalue weighted by Crippen LogP contribution is -2.44. The maximum absolute atomic E-state index is 13.3. The van der Waals surface area contributed by atoms with Crippen LogP contribution in [0.3, 0.4) is 0 Å². The van der Waals surface area contributed by atoms with Crippen LogP contribution in [0.5, 0.6) is 0 Å². The Balaban J connectivity index is 1.98. The van der Waals surface area contributed by atoms with Gasteiger partial charge in [-0.2, -0.15) is 26.3 Å². The quantitative estimate of drug-likeness (QED) is 0.202. The first kappa shape index (κ1) is 27.8. The lowest BCUT2D eigenvalue weighted by molar-refractivity contribution is -0.143. The number of ketones is 1. The maximum Gasteiger partial charge on any atom is 0.438 e. The van der Waals surface area contributed by atoms with Crippen molar-refractivity contribution in [1.29, 1.82) is 0 Å². The summed E-state index contributed by atoms with van der Waals surface area (Å²) in [5.41, 5.74) is -3.37. The Labute approximate surface area is 205 Å². The zero-order valence-corrected chi connectivity index (χ0v) is 19.8. The first-order valence-corrected chi connectivity index (χ1v) is 11.0. The van der Waals surface area contributed by atoms with Gasteiger partial charge >= 0.3 is 19.4 Å². The Hall–Kier alpha value is -2.83. The number of allylic oxidation sites excluding steroid dienone is 1. The first-order chi connectivity index (χ1) is 16.7. The van der Waals surface area contributed by atoms with Crippen molar-refractivity contribution in [2.45, 2.75) is 37.8 Å². The monoisotopic (exact) mass is 514 g/mol. The molecular formula is C24H25BF6N2O3. The highest BCUT2D eigenvalue weighted by Gasteiger charge is 2.38. The first-order valence-electron chi connectivity index (χ1n) is 11.0. The number of carbonyl (C=O) groups excluding carboxylic acids is 1. The number of nitrogens with one attached hydrogen (secondary N) is 2. The van der Waals surface area contributed by atoms with Crippen LogP contribution in [0.15, 0.2) is 60.3 Å². The third kappa shape index (κ3) is 6.89. The van der Waals surface area contributed by atoms with Crippen LogP contribution in [0.1, 0.15) is 42.2 Å². The lowest BCUT2D eigenvalue weighted by atomic mass is 9.87. The van der Waals surface area contributed by atoms with Crippen molar-refractivity contribution < 1.29 is 40.5 Å². The summed E-state index contributed by atoms with van der Waals surface area (Å²) in [6.07, 6.45) is -9.49. The number of likely N-dealkylation sites (N-methyl/N-ethyl adjacent to an activating group) is 1. The molecule has 3 rings (SSSR count). The van der Waals surface area contributed by atoms with Crippen LogP contribution < -0.4 is 10.5 Å². The Kier molecular flexibility index (Phi) is 8.22. The molecule has 0 bridgehead atoms. The van der Waals surface area contributed by atoms with E-state index in [-0.39, 0.29) is 36.8 Å². The van der Waals surface area contributed by atoms with Crippen molar-refractivity contribution in [3.05, 3.63) is 82.6 Å². The molecule has 0 radical (unpaired) electrons. The molecule has 5 nitrogen and oxygen atoms in total. The summed E-state index contributed by atoms with van der Waals surface area (Å²) in [4.78, 5) is 12.3. The summed E-state index contributed by atoms with van der Waals surface area (Å²) in [5.74, 6) is -0.290. The third-order valence-electron chi connectivity index (χ3n) is 5.80. The van der Waals surface area contributed by atoms with E-state index in [1.807, 2.05) is 0 Å². The van der Waals surface area contributed by atoms with E-state index < -0.39 is 35.1 Å². The molecule has 194 valence electrons. The van der Waals surface area contributed by atoms with E-state index in [0.29, 0.717) is 24.2 Å². The molecule has 0 spiro atoms. The largest absolute Gasteiger partial charge is 0.438 e. The summed E-state index contributed by atoms with van der Waals surface area (Å²) < 4.78 is 90.8. The summed E-state index contributed by atoms with van der Waals surface area (Å²) in [7, 11) is 1.28. The van der Waals surface area contributed by atoms with Gasteiger partial charge in [0, 0.05) is 6.92 Å². The minimum atomic E-state index is -4.97. The van der Waals surface area contributed by atoms with Crippen LogP contribution in [0.2, 0.25) is 0 Å². The van der Waals surface area contributed by atoms with Crippen molar-refractivity contribution in [3.63, 3.8) is 0 Å². The molecule has 1 aliphatic heterocycles. The van der Waals surface area contributed by atoms with E-state index in [1.54, 1.807) is 43.5 Å². The van der Waals surface area contributed by atoms with Crippen LogP contribution >= 0.6 is 0 Å². The Morgan fingerprint density at radius 2 is 1.61 bits per heavy atom. The van der Waals surface area contributed by atoms with Gasteiger partial charge in [0.05, 0.1) is 41.6 Å². The molecular weight excluding hydrogens is 489 g/mol. The molecule has 1 fully saturated rings. The minimum Gasteiger partial charge on any atom is -0.418 e. The number of rotatable bonds is 10. The number of hydrogen-bond acceptors (Lipinski definition) is 5.